The number of nitrogens with zero attached hydrogens (tertiary/aromatic N) is 2. The number of aromatic nitrogens is 1. The van der Waals surface area contributed by atoms with Crippen LogP contribution in [0.5, 0.6) is 5.75 Å². The highest BCUT2D eigenvalue weighted by molar-refractivity contribution is 5.96. The lowest BCUT2D eigenvalue weighted by atomic mass is 10.1. The maximum absolute atomic E-state index is 5.51. The molecular formula is C18H22N2O2. The van der Waals surface area contributed by atoms with Gasteiger partial charge in [0.2, 0.25) is 0 Å². The normalized spacial score (nSPS) is 11.4. The van der Waals surface area contributed by atoms with Gasteiger partial charge in [-0.25, -0.2) is 0 Å². The molecule has 0 unspecified atom stereocenters. The van der Waals surface area contributed by atoms with Crippen molar-refractivity contribution in [1.82, 2.24) is 4.98 Å². The Balaban J connectivity index is 2.12. The predicted molar refractivity (Wildman–Crippen MR) is 88.4 cm³/mol. The first-order valence-electron chi connectivity index (χ1n) is 7.26. The molecule has 0 aliphatic carbocycles. The number of ether oxygens (including phenoxy) is 1. The third kappa shape index (κ3) is 3.85. The molecule has 1 heterocycles. The minimum absolute atomic E-state index is 0.373. The summed E-state index contributed by atoms with van der Waals surface area (Å²) in [5, 5.41) is 4.19. The molecule has 4 nitrogen and oxygen atoms in total. The Kier molecular flexibility index (Phi) is 5.15. The summed E-state index contributed by atoms with van der Waals surface area (Å²) in [7, 11) is 1.66. The molecule has 1 aromatic heterocycles. The van der Waals surface area contributed by atoms with Gasteiger partial charge in [-0.3, -0.25) is 4.98 Å². The van der Waals surface area contributed by atoms with Crippen LogP contribution in [-0.2, 0) is 11.4 Å². The van der Waals surface area contributed by atoms with Crippen molar-refractivity contribution in [2.24, 2.45) is 5.16 Å². The van der Waals surface area contributed by atoms with E-state index in [1.807, 2.05) is 58.0 Å². The number of hydrogen-bond acceptors (Lipinski definition) is 4. The first kappa shape index (κ1) is 16.0. The zero-order valence-electron chi connectivity index (χ0n) is 13.8. The molecular weight excluding hydrogens is 276 g/mol. The van der Waals surface area contributed by atoms with Gasteiger partial charge in [-0.2, -0.15) is 0 Å². The van der Waals surface area contributed by atoms with Crippen LogP contribution in [0.3, 0.4) is 0 Å². The van der Waals surface area contributed by atoms with Gasteiger partial charge in [0.05, 0.1) is 12.8 Å². The Morgan fingerprint density at radius 1 is 1.18 bits per heavy atom. The van der Waals surface area contributed by atoms with Gasteiger partial charge in [0.1, 0.15) is 18.1 Å². The van der Waals surface area contributed by atoms with Crippen LogP contribution in [0.25, 0.3) is 0 Å². The zero-order valence-corrected chi connectivity index (χ0v) is 13.8. The lowest BCUT2D eigenvalue weighted by molar-refractivity contribution is 0.128. The summed E-state index contributed by atoms with van der Waals surface area (Å²) < 4.78 is 5.36. The molecule has 0 bridgehead atoms. The van der Waals surface area contributed by atoms with E-state index >= 15 is 0 Å². The van der Waals surface area contributed by atoms with Crippen molar-refractivity contribution in [2.45, 2.75) is 34.3 Å². The molecule has 116 valence electrons. The maximum atomic E-state index is 5.51. The number of hydrogen-bond donors (Lipinski definition) is 0. The second kappa shape index (κ2) is 7.07. The molecule has 0 saturated carbocycles. The van der Waals surface area contributed by atoms with Crippen molar-refractivity contribution in [1.29, 1.82) is 0 Å². The maximum Gasteiger partial charge on any atom is 0.146 e. The van der Waals surface area contributed by atoms with E-state index in [4.69, 9.17) is 9.57 Å². The summed E-state index contributed by atoms with van der Waals surface area (Å²) >= 11 is 0. The molecule has 2 aromatic rings. The summed E-state index contributed by atoms with van der Waals surface area (Å²) in [6, 6.07) is 9.96. The highest BCUT2D eigenvalue weighted by Crippen LogP contribution is 2.22. The van der Waals surface area contributed by atoms with Gasteiger partial charge >= 0.3 is 0 Å². The van der Waals surface area contributed by atoms with Crippen LogP contribution >= 0.6 is 0 Å². The SMILES string of the molecule is COc1cccc(C)c1CON=C(C)c1cc(C)cc(C)n1. The number of aryl methyl sites for hydroxylation is 3. The van der Waals surface area contributed by atoms with E-state index in [0.717, 1.165) is 39.5 Å². The smallest absolute Gasteiger partial charge is 0.146 e. The fourth-order valence-electron chi connectivity index (χ4n) is 2.32. The minimum atomic E-state index is 0.373. The van der Waals surface area contributed by atoms with Crippen molar-refractivity contribution >= 4 is 5.71 Å². The zero-order chi connectivity index (χ0) is 16.1. The highest BCUT2D eigenvalue weighted by Gasteiger charge is 2.07. The van der Waals surface area contributed by atoms with E-state index < -0.39 is 0 Å². The van der Waals surface area contributed by atoms with Crippen molar-refractivity contribution in [3.63, 3.8) is 0 Å². The van der Waals surface area contributed by atoms with E-state index in [1.165, 1.54) is 0 Å². The van der Waals surface area contributed by atoms with Crippen LogP contribution in [-0.4, -0.2) is 17.8 Å². The minimum Gasteiger partial charge on any atom is -0.496 e. The quantitative estimate of drug-likeness (QED) is 0.620. The van der Waals surface area contributed by atoms with Gasteiger partial charge in [0, 0.05) is 11.3 Å². The van der Waals surface area contributed by atoms with Crippen molar-refractivity contribution < 1.29 is 9.57 Å². The molecule has 2 rings (SSSR count). The molecule has 0 amide bonds. The molecule has 0 radical (unpaired) electrons. The fourth-order valence-corrected chi connectivity index (χ4v) is 2.32. The molecule has 0 aliphatic rings. The standard InChI is InChI=1S/C18H22N2O2/c1-12-9-14(3)19-17(10-12)15(4)20-22-11-16-13(2)7-6-8-18(16)21-5/h6-10H,11H2,1-5H3. The Morgan fingerprint density at radius 3 is 2.64 bits per heavy atom. The topological polar surface area (TPSA) is 43.7 Å². The Labute approximate surface area is 131 Å². The molecule has 0 spiro atoms. The second-order valence-electron chi connectivity index (χ2n) is 5.38. The largest absolute Gasteiger partial charge is 0.496 e. The monoisotopic (exact) mass is 298 g/mol. The first-order chi connectivity index (χ1) is 10.5. The Bertz CT molecular complexity index is 673. The predicted octanol–water partition coefficient (Wildman–Crippen LogP) is 3.96. The molecule has 22 heavy (non-hydrogen) atoms. The summed E-state index contributed by atoms with van der Waals surface area (Å²) in [6.45, 7) is 8.32. The average Bonchev–Trinajstić information content (AvgIpc) is 2.47. The second-order valence-corrected chi connectivity index (χ2v) is 5.38. The number of methoxy groups -OCH3 is 1. The van der Waals surface area contributed by atoms with Gasteiger partial charge in [0.25, 0.3) is 0 Å². The Hall–Kier alpha value is -2.36. The summed E-state index contributed by atoms with van der Waals surface area (Å²) in [5.41, 5.74) is 5.88. The number of pyridine rings is 1. The van der Waals surface area contributed by atoms with Crippen molar-refractivity contribution in [2.75, 3.05) is 7.11 Å². The molecule has 0 saturated heterocycles. The lowest BCUT2D eigenvalue weighted by Crippen LogP contribution is -2.03. The van der Waals surface area contributed by atoms with Gasteiger partial charge in [0.15, 0.2) is 0 Å². The van der Waals surface area contributed by atoms with Gasteiger partial charge in [-0.1, -0.05) is 17.3 Å². The number of rotatable bonds is 5. The van der Waals surface area contributed by atoms with E-state index in [9.17, 15) is 0 Å². The molecule has 4 heteroatoms. The van der Waals surface area contributed by atoms with Crippen LogP contribution in [0.2, 0.25) is 0 Å². The molecule has 0 fully saturated rings. The summed E-state index contributed by atoms with van der Waals surface area (Å²) in [6.07, 6.45) is 0. The van der Waals surface area contributed by atoms with Crippen LogP contribution in [0, 0.1) is 20.8 Å². The Morgan fingerprint density at radius 2 is 1.95 bits per heavy atom. The molecule has 1 aromatic carbocycles. The third-order valence-electron chi connectivity index (χ3n) is 3.47. The fraction of sp³-hybridized carbons (Fsp3) is 0.333. The lowest BCUT2D eigenvalue weighted by Gasteiger charge is -2.10. The first-order valence-corrected chi connectivity index (χ1v) is 7.26. The van der Waals surface area contributed by atoms with Crippen LogP contribution in [0.4, 0.5) is 0 Å². The van der Waals surface area contributed by atoms with Crippen LogP contribution < -0.4 is 4.74 Å². The van der Waals surface area contributed by atoms with E-state index in [2.05, 4.69) is 10.1 Å². The van der Waals surface area contributed by atoms with Crippen LogP contribution in [0.15, 0.2) is 35.5 Å². The molecule has 0 N–H and O–H groups in total. The van der Waals surface area contributed by atoms with E-state index in [0.29, 0.717) is 6.61 Å². The highest BCUT2D eigenvalue weighted by atomic mass is 16.6. The van der Waals surface area contributed by atoms with E-state index in [-0.39, 0.29) is 0 Å². The van der Waals surface area contributed by atoms with Crippen molar-refractivity contribution in [3.8, 4) is 5.75 Å². The number of oxime groups is 1. The number of benzene rings is 1. The van der Waals surface area contributed by atoms with Gasteiger partial charge in [-0.05, 0) is 57.0 Å². The van der Waals surface area contributed by atoms with Crippen molar-refractivity contribution in [3.05, 3.63) is 58.4 Å². The third-order valence-corrected chi connectivity index (χ3v) is 3.47. The average molecular weight is 298 g/mol. The van der Waals surface area contributed by atoms with Gasteiger partial charge < -0.3 is 9.57 Å². The van der Waals surface area contributed by atoms with Gasteiger partial charge in [-0.15, -0.1) is 0 Å². The summed E-state index contributed by atoms with van der Waals surface area (Å²) in [4.78, 5) is 9.98. The molecule has 0 atom stereocenters. The summed E-state index contributed by atoms with van der Waals surface area (Å²) in [5.74, 6) is 0.817. The molecule has 0 aliphatic heterocycles. The van der Waals surface area contributed by atoms with Crippen LogP contribution in [0.1, 0.15) is 35.0 Å². The van der Waals surface area contributed by atoms with E-state index in [1.54, 1.807) is 7.11 Å².